The van der Waals surface area contributed by atoms with Gasteiger partial charge in [-0.25, -0.2) is 0 Å². The van der Waals surface area contributed by atoms with Crippen molar-refractivity contribution in [3.05, 3.63) is 64.1 Å². The summed E-state index contributed by atoms with van der Waals surface area (Å²) in [7, 11) is 0. The third-order valence-corrected chi connectivity index (χ3v) is 4.51. The summed E-state index contributed by atoms with van der Waals surface area (Å²) < 4.78 is 1.09. The van der Waals surface area contributed by atoms with E-state index >= 15 is 0 Å². The van der Waals surface area contributed by atoms with Crippen molar-refractivity contribution in [2.75, 3.05) is 11.1 Å². The largest absolute Gasteiger partial charge is 0.325 e. The van der Waals surface area contributed by atoms with E-state index in [0.717, 1.165) is 21.5 Å². The highest BCUT2D eigenvalue weighted by Gasteiger charge is 2.04. The standard InChI is InChI=1S/C16H16BrNOS/c1-12-5-4-7-14(9-12)18-16(19)11-20-10-13-6-2-3-8-15(13)17/h2-9H,10-11H2,1H3,(H,18,19). The fourth-order valence-electron chi connectivity index (χ4n) is 1.79. The molecule has 1 amide bonds. The summed E-state index contributed by atoms with van der Waals surface area (Å²) in [4.78, 5) is 11.9. The van der Waals surface area contributed by atoms with E-state index in [2.05, 4.69) is 27.3 Å². The predicted molar refractivity (Wildman–Crippen MR) is 90.1 cm³/mol. The van der Waals surface area contributed by atoms with Crippen molar-refractivity contribution in [1.29, 1.82) is 0 Å². The average molecular weight is 350 g/mol. The normalized spacial score (nSPS) is 10.3. The second-order valence-electron chi connectivity index (χ2n) is 4.50. The van der Waals surface area contributed by atoms with Gasteiger partial charge in [0.15, 0.2) is 0 Å². The number of anilines is 1. The molecule has 2 aromatic carbocycles. The van der Waals surface area contributed by atoms with Crippen LogP contribution in [-0.4, -0.2) is 11.7 Å². The Labute approximate surface area is 132 Å². The highest BCUT2D eigenvalue weighted by molar-refractivity contribution is 9.10. The molecule has 0 fully saturated rings. The smallest absolute Gasteiger partial charge is 0.234 e. The van der Waals surface area contributed by atoms with Gasteiger partial charge < -0.3 is 5.32 Å². The van der Waals surface area contributed by atoms with Crippen LogP contribution in [0.2, 0.25) is 0 Å². The van der Waals surface area contributed by atoms with E-state index in [-0.39, 0.29) is 5.91 Å². The molecule has 20 heavy (non-hydrogen) atoms. The molecule has 0 aliphatic heterocycles. The minimum absolute atomic E-state index is 0.0349. The SMILES string of the molecule is Cc1cccc(NC(=O)CSCc2ccccc2Br)c1. The Morgan fingerprint density at radius 1 is 1.20 bits per heavy atom. The van der Waals surface area contributed by atoms with E-state index in [9.17, 15) is 4.79 Å². The Hall–Kier alpha value is -1.26. The lowest BCUT2D eigenvalue weighted by Gasteiger charge is -2.07. The molecule has 0 bridgehead atoms. The molecule has 0 aliphatic carbocycles. The maximum Gasteiger partial charge on any atom is 0.234 e. The number of carbonyl (C=O) groups is 1. The van der Waals surface area contributed by atoms with Crippen molar-refractivity contribution in [3.63, 3.8) is 0 Å². The zero-order valence-electron chi connectivity index (χ0n) is 11.2. The van der Waals surface area contributed by atoms with Crippen LogP contribution in [-0.2, 0) is 10.5 Å². The van der Waals surface area contributed by atoms with E-state index < -0.39 is 0 Å². The van der Waals surface area contributed by atoms with Crippen LogP contribution in [0.25, 0.3) is 0 Å². The van der Waals surface area contributed by atoms with Gasteiger partial charge >= 0.3 is 0 Å². The number of thioether (sulfide) groups is 1. The van der Waals surface area contributed by atoms with Gasteiger partial charge in [0.05, 0.1) is 5.75 Å². The molecule has 4 heteroatoms. The van der Waals surface area contributed by atoms with Crippen molar-refractivity contribution in [1.82, 2.24) is 0 Å². The van der Waals surface area contributed by atoms with Gasteiger partial charge in [0, 0.05) is 15.9 Å². The molecular weight excluding hydrogens is 334 g/mol. The first-order valence-electron chi connectivity index (χ1n) is 6.33. The van der Waals surface area contributed by atoms with E-state index in [4.69, 9.17) is 0 Å². The van der Waals surface area contributed by atoms with E-state index in [1.807, 2.05) is 49.4 Å². The molecule has 0 aromatic heterocycles. The second kappa shape index (κ2) is 7.50. The monoisotopic (exact) mass is 349 g/mol. The highest BCUT2D eigenvalue weighted by atomic mass is 79.9. The first-order valence-corrected chi connectivity index (χ1v) is 8.27. The van der Waals surface area contributed by atoms with Gasteiger partial charge in [0.1, 0.15) is 0 Å². The summed E-state index contributed by atoms with van der Waals surface area (Å²) >= 11 is 5.12. The number of carbonyl (C=O) groups excluding carboxylic acids is 1. The molecule has 0 atom stereocenters. The van der Waals surface area contributed by atoms with Crippen molar-refractivity contribution in [2.45, 2.75) is 12.7 Å². The fourth-order valence-corrected chi connectivity index (χ4v) is 3.23. The Morgan fingerprint density at radius 2 is 2.00 bits per heavy atom. The molecule has 0 heterocycles. The lowest BCUT2D eigenvalue weighted by Crippen LogP contribution is -2.14. The molecule has 0 spiro atoms. The Balaban J connectivity index is 1.80. The van der Waals surface area contributed by atoms with Gasteiger partial charge in [0.25, 0.3) is 0 Å². The second-order valence-corrected chi connectivity index (χ2v) is 6.34. The van der Waals surface area contributed by atoms with Gasteiger partial charge in [-0.3, -0.25) is 4.79 Å². The fraction of sp³-hybridized carbons (Fsp3) is 0.188. The molecule has 2 rings (SSSR count). The van der Waals surface area contributed by atoms with Crippen molar-refractivity contribution in [2.24, 2.45) is 0 Å². The van der Waals surface area contributed by atoms with Crippen LogP contribution < -0.4 is 5.32 Å². The van der Waals surface area contributed by atoms with Gasteiger partial charge in [-0.15, -0.1) is 11.8 Å². The van der Waals surface area contributed by atoms with Gasteiger partial charge in [0.2, 0.25) is 5.91 Å². The maximum absolute atomic E-state index is 11.9. The average Bonchev–Trinajstić information content (AvgIpc) is 2.41. The van der Waals surface area contributed by atoms with E-state index in [1.165, 1.54) is 5.56 Å². The third kappa shape index (κ3) is 4.69. The third-order valence-electron chi connectivity index (χ3n) is 2.75. The number of aryl methyl sites for hydroxylation is 1. The van der Waals surface area contributed by atoms with E-state index in [0.29, 0.717) is 5.75 Å². The van der Waals surface area contributed by atoms with Crippen LogP contribution in [0.15, 0.2) is 53.0 Å². The predicted octanol–water partition coefficient (Wildman–Crippen LogP) is 4.63. The molecule has 2 nitrogen and oxygen atoms in total. The summed E-state index contributed by atoms with van der Waals surface area (Å²) in [5, 5.41) is 2.91. The lowest BCUT2D eigenvalue weighted by atomic mass is 10.2. The highest BCUT2D eigenvalue weighted by Crippen LogP contribution is 2.21. The Kier molecular flexibility index (Phi) is 5.68. The zero-order valence-corrected chi connectivity index (χ0v) is 13.6. The van der Waals surface area contributed by atoms with E-state index in [1.54, 1.807) is 11.8 Å². The van der Waals surface area contributed by atoms with Crippen LogP contribution in [0.1, 0.15) is 11.1 Å². The molecular formula is C16H16BrNOS. The Bertz CT molecular complexity index is 601. The van der Waals surface area contributed by atoms with Crippen LogP contribution >= 0.6 is 27.7 Å². The minimum atomic E-state index is 0.0349. The van der Waals surface area contributed by atoms with Crippen LogP contribution in [0.4, 0.5) is 5.69 Å². The lowest BCUT2D eigenvalue weighted by molar-refractivity contribution is -0.113. The number of hydrogen-bond acceptors (Lipinski definition) is 2. The van der Waals surface area contributed by atoms with Crippen molar-refractivity contribution in [3.8, 4) is 0 Å². The Morgan fingerprint density at radius 3 is 2.75 bits per heavy atom. The molecule has 1 N–H and O–H groups in total. The topological polar surface area (TPSA) is 29.1 Å². The number of benzene rings is 2. The quantitative estimate of drug-likeness (QED) is 0.852. The summed E-state index contributed by atoms with van der Waals surface area (Å²) in [5.41, 5.74) is 3.21. The zero-order chi connectivity index (χ0) is 14.4. The van der Waals surface area contributed by atoms with Crippen molar-refractivity contribution < 1.29 is 4.79 Å². The summed E-state index contributed by atoms with van der Waals surface area (Å²) in [6, 6.07) is 15.9. The van der Waals surface area contributed by atoms with Crippen molar-refractivity contribution >= 4 is 39.3 Å². The maximum atomic E-state index is 11.9. The summed E-state index contributed by atoms with van der Waals surface area (Å²) in [6.45, 7) is 2.01. The number of nitrogens with one attached hydrogen (secondary N) is 1. The van der Waals surface area contributed by atoms with Gasteiger partial charge in [-0.1, -0.05) is 46.3 Å². The number of amides is 1. The molecule has 0 saturated carbocycles. The molecule has 2 aromatic rings. The summed E-state index contributed by atoms with van der Waals surface area (Å²) in [5.74, 6) is 1.31. The van der Waals surface area contributed by atoms with Gasteiger partial charge in [-0.2, -0.15) is 0 Å². The first-order chi connectivity index (χ1) is 9.65. The van der Waals surface area contributed by atoms with Crippen LogP contribution in [0.5, 0.6) is 0 Å². The first kappa shape index (κ1) is 15.1. The molecule has 0 saturated heterocycles. The molecule has 104 valence electrons. The summed E-state index contributed by atoms with van der Waals surface area (Å²) in [6.07, 6.45) is 0. The van der Waals surface area contributed by atoms with Crippen LogP contribution in [0.3, 0.4) is 0 Å². The molecule has 0 radical (unpaired) electrons. The number of halogens is 1. The minimum Gasteiger partial charge on any atom is -0.325 e. The number of rotatable bonds is 5. The molecule has 0 aliphatic rings. The van der Waals surface area contributed by atoms with Gasteiger partial charge in [-0.05, 0) is 36.2 Å². The van der Waals surface area contributed by atoms with Crippen LogP contribution in [0, 0.1) is 6.92 Å². The number of hydrogen-bond donors (Lipinski definition) is 1. The molecule has 0 unspecified atom stereocenters.